The molecule has 2 aromatic rings. The van der Waals surface area contributed by atoms with E-state index in [1.165, 1.54) is 10.7 Å². The molecule has 0 aromatic carbocycles. The minimum atomic E-state index is -1.07. The molecule has 2 rings (SSSR count). The zero-order chi connectivity index (χ0) is 12.3. The number of rotatable bonds is 3. The molecular formula is C10H9N3O3S. The largest absolute Gasteiger partial charge is 0.478 e. The third-order valence-electron chi connectivity index (χ3n) is 1.96. The fourth-order valence-corrected chi connectivity index (χ4v) is 2.01. The van der Waals surface area contributed by atoms with Gasteiger partial charge in [0.1, 0.15) is 5.00 Å². The zero-order valence-electron chi connectivity index (χ0n) is 8.58. The van der Waals surface area contributed by atoms with Gasteiger partial charge in [0, 0.05) is 12.4 Å². The highest BCUT2D eigenvalue weighted by atomic mass is 32.1. The number of nitrogens with zero attached hydrogens (tertiary/aromatic N) is 1. The Bertz CT molecular complexity index is 533. The molecule has 17 heavy (non-hydrogen) atoms. The second kappa shape index (κ2) is 4.71. The molecule has 0 unspecified atom stereocenters. The Morgan fingerprint density at radius 3 is 2.65 bits per heavy atom. The second-order valence-corrected chi connectivity index (χ2v) is 4.04. The van der Waals surface area contributed by atoms with Crippen molar-refractivity contribution in [2.45, 2.75) is 0 Å². The predicted octanol–water partition coefficient (Wildman–Crippen LogP) is 2.02. The van der Waals surface area contributed by atoms with Crippen molar-refractivity contribution in [1.29, 1.82) is 0 Å². The summed E-state index contributed by atoms with van der Waals surface area (Å²) in [6.45, 7) is 0. The summed E-state index contributed by atoms with van der Waals surface area (Å²) in [6, 6.07) is 4.46. The maximum atomic E-state index is 11.5. The molecule has 7 heteroatoms. The van der Waals surface area contributed by atoms with E-state index in [4.69, 9.17) is 5.11 Å². The zero-order valence-corrected chi connectivity index (χ0v) is 9.40. The fourth-order valence-electron chi connectivity index (χ4n) is 1.23. The van der Waals surface area contributed by atoms with Gasteiger partial charge < -0.3 is 5.11 Å². The van der Waals surface area contributed by atoms with Crippen LogP contribution in [0.15, 0.2) is 36.0 Å². The Labute approximate surface area is 100 Å². The lowest BCUT2D eigenvalue weighted by molar-refractivity contribution is 0.0698. The van der Waals surface area contributed by atoms with Crippen molar-refractivity contribution in [3.8, 4) is 0 Å². The molecule has 0 radical (unpaired) electrons. The summed E-state index contributed by atoms with van der Waals surface area (Å²) in [5.74, 6) is -1.07. The molecule has 2 amide bonds. The Balaban J connectivity index is 2.03. The first-order valence-corrected chi connectivity index (χ1v) is 5.56. The van der Waals surface area contributed by atoms with E-state index in [0.29, 0.717) is 5.00 Å². The molecule has 0 bridgehead atoms. The van der Waals surface area contributed by atoms with E-state index in [-0.39, 0.29) is 5.56 Å². The number of thiophene rings is 1. The highest BCUT2D eigenvalue weighted by Crippen LogP contribution is 2.22. The van der Waals surface area contributed by atoms with Crippen LogP contribution in [0.5, 0.6) is 0 Å². The van der Waals surface area contributed by atoms with Crippen molar-refractivity contribution in [3.63, 3.8) is 0 Å². The molecule has 0 spiro atoms. The van der Waals surface area contributed by atoms with Gasteiger partial charge in [-0.1, -0.05) is 0 Å². The number of hydrogen-bond acceptors (Lipinski definition) is 3. The van der Waals surface area contributed by atoms with Crippen molar-refractivity contribution in [3.05, 3.63) is 41.5 Å². The van der Waals surface area contributed by atoms with E-state index in [2.05, 4.69) is 10.7 Å². The van der Waals surface area contributed by atoms with Gasteiger partial charge in [-0.3, -0.25) is 9.99 Å². The highest BCUT2D eigenvalue weighted by molar-refractivity contribution is 7.14. The molecule has 0 aliphatic heterocycles. The van der Waals surface area contributed by atoms with Crippen LogP contribution in [0.25, 0.3) is 0 Å². The van der Waals surface area contributed by atoms with Crippen LogP contribution in [0.4, 0.5) is 9.80 Å². The number of carboxylic acid groups (broad SMARTS) is 1. The van der Waals surface area contributed by atoms with Crippen molar-refractivity contribution in [2.75, 3.05) is 10.7 Å². The van der Waals surface area contributed by atoms with E-state index in [0.717, 1.165) is 11.3 Å². The summed E-state index contributed by atoms with van der Waals surface area (Å²) in [5, 5.41) is 13.2. The molecular weight excluding hydrogens is 242 g/mol. The lowest BCUT2D eigenvalue weighted by atomic mass is 10.3. The number of hydrogen-bond donors (Lipinski definition) is 3. The van der Waals surface area contributed by atoms with E-state index in [9.17, 15) is 9.59 Å². The topological polar surface area (TPSA) is 83.4 Å². The van der Waals surface area contributed by atoms with Gasteiger partial charge in [0.25, 0.3) is 0 Å². The van der Waals surface area contributed by atoms with E-state index >= 15 is 0 Å². The monoisotopic (exact) mass is 251 g/mol. The summed E-state index contributed by atoms with van der Waals surface area (Å²) in [7, 11) is 0. The van der Waals surface area contributed by atoms with E-state index in [1.54, 1.807) is 29.9 Å². The first-order chi connectivity index (χ1) is 8.16. The number of carbonyl (C=O) groups excluding carboxylic acids is 1. The molecule has 0 aliphatic rings. The Morgan fingerprint density at radius 1 is 1.29 bits per heavy atom. The van der Waals surface area contributed by atoms with Crippen molar-refractivity contribution in [1.82, 2.24) is 4.68 Å². The number of urea groups is 1. The number of nitrogens with one attached hydrogen (secondary N) is 2. The van der Waals surface area contributed by atoms with Crippen LogP contribution in [0.1, 0.15) is 10.4 Å². The normalized spacial score (nSPS) is 9.88. The lowest BCUT2D eigenvalue weighted by Crippen LogP contribution is -2.26. The maximum absolute atomic E-state index is 11.5. The smallest absolute Gasteiger partial charge is 0.338 e. The van der Waals surface area contributed by atoms with Crippen LogP contribution in [0.2, 0.25) is 0 Å². The molecule has 6 nitrogen and oxygen atoms in total. The summed E-state index contributed by atoms with van der Waals surface area (Å²) >= 11 is 1.16. The van der Waals surface area contributed by atoms with Crippen molar-refractivity contribution < 1.29 is 14.7 Å². The van der Waals surface area contributed by atoms with Crippen LogP contribution >= 0.6 is 11.3 Å². The maximum Gasteiger partial charge on any atom is 0.338 e. The van der Waals surface area contributed by atoms with Gasteiger partial charge in [-0.15, -0.1) is 11.3 Å². The van der Waals surface area contributed by atoms with Gasteiger partial charge in [-0.05, 0) is 23.6 Å². The number of aromatic carboxylic acids is 1. The van der Waals surface area contributed by atoms with Gasteiger partial charge in [0.2, 0.25) is 0 Å². The molecule has 2 heterocycles. The first-order valence-electron chi connectivity index (χ1n) is 4.68. The molecule has 88 valence electrons. The molecule has 0 aliphatic carbocycles. The van der Waals surface area contributed by atoms with Crippen LogP contribution in [-0.4, -0.2) is 21.8 Å². The van der Waals surface area contributed by atoms with Gasteiger partial charge in [0.15, 0.2) is 0 Å². The first kappa shape index (κ1) is 11.2. The van der Waals surface area contributed by atoms with E-state index in [1.807, 2.05) is 0 Å². The number of aromatic nitrogens is 1. The number of anilines is 1. The summed E-state index contributed by atoms with van der Waals surface area (Å²) in [6.07, 6.45) is 3.32. The number of amides is 2. The Morgan fingerprint density at radius 2 is 2.00 bits per heavy atom. The molecule has 3 N–H and O–H groups in total. The predicted molar refractivity (Wildman–Crippen MR) is 64.1 cm³/mol. The van der Waals surface area contributed by atoms with Crippen LogP contribution in [0.3, 0.4) is 0 Å². The highest BCUT2D eigenvalue weighted by Gasteiger charge is 2.13. The van der Waals surface area contributed by atoms with Crippen LogP contribution in [-0.2, 0) is 0 Å². The minimum Gasteiger partial charge on any atom is -0.478 e. The molecule has 2 aromatic heterocycles. The molecule has 0 atom stereocenters. The second-order valence-electron chi connectivity index (χ2n) is 3.12. The average Bonchev–Trinajstić information content (AvgIpc) is 2.88. The van der Waals surface area contributed by atoms with Gasteiger partial charge in [-0.25, -0.2) is 15.0 Å². The summed E-state index contributed by atoms with van der Waals surface area (Å²) < 4.78 is 1.46. The van der Waals surface area contributed by atoms with Crippen molar-refractivity contribution >= 4 is 28.3 Å². The minimum absolute atomic E-state index is 0.0812. The van der Waals surface area contributed by atoms with Crippen molar-refractivity contribution in [2.24, 2.45) is 0 Å². The van der Waals surface area contributed by atoms with Gasteiger partial charge >= 0.3 is 12.0 Å². The standard InChI is InChI=1S/C10H9N3O3S/c14-9(15)7-3-6-17-8(7)11-10(16)12-13-4-1-2-5-13/h1-6H,(H,14,15)(H2,11,12,16). The quantitative estimate of drug-likeness (QED) is 0.780. The SMILES string of the molecule is O=C(Nc1sccc1C(=O)O)Nn1cccc1. The summed E-state index contributed by atoms with van der Waals surface area (Å²) in [4.78, 5) is 22.3. The Kier molecular flexibility index (Phi) is 3.10. The van der Waals surface area contributed by atoms with Crippen LogP contribution in [0, 0.1) is 0 Å². The average molecular weight is 251 g/mol. The third kappa shape index (κ3) is 2.64. The summed E-state index contributed by atoms with van der Waals surface area (Å²) in [5.41, 5.74) is 2.59. The third-order valence-corrected chi connectivity index (χ3v) is 2.79. The van der Waals surface area contributed by atoms with Gasteiger partial charge in [0.05, 0.1) is 5.56 Å². The Hall–Kier alpha value is -2.28. The van der Waals surface area contributed by atoms with E-state index < -0.39 is 12.0 Å². The number of carboxylic acids is 1. The number of carbonyl (C=O) groups is 2. The van der Waals surface area contributed by atoms with Gasteiger partial charge in [-0.2, -0.15) is 0 Å². The molecule has 0 saturated heterocycles. The molecule has 0 fully saturated rings. The van der Waals surface area contributed by atoms with Crippen LogP contribution < -0.4 is 10.7 Å². The fraction of sp³-hybridized carbons (Fsp3) is 0. The molecule has 0 saturated carbocycles. The lowest BCUT2D eigenvalue weighted by Gasteiger charge is -2.07.